The summed E-state index contributed by atoms with van der Waals surface area (Å²) in [5.74, 6) is -0.717. The Labute approximate surface area is 152 Å². The summed E-state index contributed by atoms with van der Waals surface area (Å²) in [5.41, 5.74) is 6.70. The van der Waals surface area contributed by atoms with Crippen molar-refractivity contribution >= 4 is 11.7 Å². The van der Waals surface area contributed by atoms with Gasteiger partial charge >= 0.3 is 5.97 Å². The molecule has 0 atom stereocenters. The Morgan fingerprint density at radius 2 is 2.04 bits per heavy atom. The number of benzene rings is 2. The number of anilines is 1. The van der Waals surface area contributed by atoms with Crippen molar-refractivity contribution in [2.45, 2.75) is 32.9 Å². The van der Waals surface area contributed by atoms with Gasteiger partial charge in [-0.3, -0.25) is 0 Å². The quantitative estimate of drug-likeness (QED) is 0.803. The minimum absolute atomic E-state index is 0.118. The number of ether oxygens (including phenoxy) is 1. The van der Waals surface area contributed by atoms with Gasteiger partial charge in [-0.15, -0.1) is 0 Å². The van der Waals surface area contributed by atoms with Gasteiger partial charge in [0.25, 0.3) is 0 Å². The third-order valence-electron chi connectivity index (χ3n) is 4.01. The monoisotopic (exact) mass is 351 g/mol. The second-order valence-electron chi connectivity index (χ2n) is 7.36. The Kier molecular flexibility index (Phi) is 4.34. The zero-order chi connectivity index (χ0) is 19.1. The molecular weight excluding hydrogens is 330 g/mol. The number of nitrogens with one attached hydrogen (secondary N) is 1. The van der Waals surface area contributed by atoms with Gasteiger partial charge < -0.3 is 15.3 Å². The molecule has 3 rings (SSSR count). The predicted molar refractivity (Wildman–Crippen MR) is 98.5 cm³/mol. The number of esters is 1. The summed E-state index contributed by atoms with van der Waals surface area (Å²) in [5, 5.41) is 21.6. The number of carbonyl (C=O) groups excluding carboxylic acids is 1. The summed E-state index contributed by atoms with van der Waals surface area (Å²) in [4.78, 5) is 12.2. The number of nitrogens with zero attached hydrogens (tertiary/aromatic N) is 2. The van der Waals surface area contributed by atoms with Crippen molar-refractivity contribution in [2.24, 2.45) is 0 Å². The van der Waals surface area contributed by atoms with Crippen LogP contribution in [0.25, 0.3) is 11.1 Å². The summed E-state index contributed by atoms with van der Waals surface area (Å²) >= 11 is 0. The molecule has 0 unspecified atom stereocenters. The van der Waals surface area contributed by atoms with Crippen molar-refractivity contribution in [3.05, 3.63) is 47.0 Å². The van der Waals surface area contributed by atoms with Crippen molar-refractivity contribution in [1.82, 2.24) is 5.01 Å². The average molecular weight is 351 g/mol. The average Bonchev–Trinajstić information content (AvgIpc) is 2.91. The fourth-order valence-corrected chi connectivity index (χ4v) is 2.95. The first kappa shape index (κ1) is 17.8. The first-order valence-corrected chi connectivity index (χ1v) is 8.29. The highest BCUT2D eigenvalue weighted by atomic mass is 16.6. The topological polar surface area (TPSA) is 85.6 Å². The number of fused-ring (bicyclic) bond motifs is 1. The number of carbonyl (C=O) groups is 1. The van der Waals surface area contributed by atoms with E-state index in [4.69, 9.17) is 4.74 Å². The van der Waals surface area contributed by atoms with E-state index in [1.165, 1.54) is 6.07 Å². The molecule has 0 saturated carbocycles. The van der Waals surface area contributed by atoms with Crippen molar-refractivity contribution < 1.29 is 14.6 Å². The highest BCUT2D eigenvalue weighted by molar-refractivity contribution is 5.94. The Hall–Kier alpha value is -3.04. The first-order chi connectivity index (χ1) is 12.2. The maximum absolute atomic E-state index is 12.2. The van der Waals surface area contributed by atoms with E-state index in [1.807, 2.05) is 12.1 Å². The van der Waals surface area contributed by atoms with Gasteiger partial charge in [0.05, 0.1) is 17.3 Å². The molecule has 0 aliphatic carbocycles. The third-order valence-corrected chi connectivity index (χ3v) is 4.01. The molecule has 6 heteroatoms. The summed E-state index contributed by atoms with van der Waals surface area (Å²) in [6, 6.07) is 10.6. The van der Waals surface area contributed by atoms with E-state index in [9.17, 15) is 15.2 Å². The number of aromatic hydroxyl groups is 1. The fourth-order valence-electron chi connectivity index (χ4n) is 2.95. The van der Waals surface area contributed by atoms with Crippen LogP contribution in [0.3, 0.4) is 0 Å². The van der Waals surface area contributed by atoms with Crippen molar-refractivity contribution in [3.63, 3.8) is 0 Å². The van der Waals surface area contributed by atoms with E-state index < -0.39 is 11.6 Å². The van der Waals surface area contributed by atoms with Gasteiger partial charge in [0.15, 0.2) is 0 Å². The molecule has 0 spiro atoms. The first-order valence-electron chi connectivity index (χ1n) is 8.29. The van der Waals surface area contributed by atoms with Crippen LogP contribution in [0.2, 0.25) is 0 Å². The van der Waals surface area contributed by atoms with Crippen molar-refractivity contribution in [1.29, 1.82) is 5.26 Å². The van der Waals surface area contributed by atoms with Gasteiger partial charge in [0.2, 0.25) is 0 Å². The van der Waals surface area contributed by atoms with Crippen LogP contribution in [0, 0.1) is 11.3 Å². The number of phenols is 1. The highest BCUT2D eigenvalue weighted by Gasteiger charge is 2.23. The molecule has 0 saturated heterocycles. The lowest BCUT2D eigenvalue weighted by atomic mass is 9.95. The van der Waals surface area contributed by atoms with Crippen LogP contribution in [0.15, 0.2) is 30.3 Å². The number of rotatable bonds is 2. The zero-order valence-corrected chi connectivity index (χ0v) is 15.3. The summed E-state index contributed by atoms with van der Waals surface area (Å²) in [6.07, 6.45) is 0. The lowest BCUT2D eigenvalue weighted by Gasteiger charge is -2.20. The van der Waals surface area contributed by atoms with Gasteiger partial charge in [-0.25, -0.2) is 9.80 Å². The lowest BCUT2D eigenvalue weighted by molar-refractivity contribution is 0.00668. The lowest BCUT2D eigenvalue weighted by Crippen LogP contribution is -2.23. The second-order valence-corrected chi connectivity index (χ2v) is 7.36. The van der Waals surface area contributed by atoms with Crippen LogP contribution in [-0.2, 0) is 11.3 Å². The number of hydrogen-bond acceptors (Lipinski definition) is 6. The standard InChI is InChI=1S/C20H21N3O3/c1-20(2,3)26-19(25)14-6-5-13(9-18(14)24)15-7-12(10-21)8-17-16(15)11-23(4)22-17/h5-9,22,24H,11H2,1-4H3. The van der Waals surface area contributed by atoms with Crippen LogP contribution >= 0.6 is 0 Å². The molecular formula is C20H21N3O3. The Balaban J connectivity index is 2.02. The molecule has 2 aromatic rings. The van der Waals surface area contributed by atoms with E-state index in [2.05, 4.69) is 11.5 Å². The zero-order valence-electron chi connectivity index (χ0n) is 15.3. The molecule has 1 aliphatic rings. The maximum Gasteiger partial charge on any atom is 0.342 e. The highest BCUT2D eigenvalue weighted by Crippen LogP contribution is 2.37. The molecule has 1 heterocycles. The van der Waals surface area contributed by atoms with Gasteiger partial charge in [-0.05, 0) is 56.2 Å². The van der Waals surface area contributed by atoms with Crippen molar-refractivity contribution in [2.75, 3.05) is 12.5 Å². The molecule has 0 radical (unpaired) electrons. The maximum atomic E-state index is 12.2. The van der Waals surface area contributed by atoms with Crippen LogP contribution < -0.4 is 5.43 Å². The summed E-state index contributed by atoms with van der Waals surface area (Å²) in [6.45, 7) is 5.99. The molecule has 26 heavy (non-hydrogen) atoms. The molecule has 134 valence electrons. The third kappa shape index (κ3) is 3.48. The molecule has 0 bridgehead atoms. The number of hydrogen-bond donors (Lipinski definition) is 2. The predicted octanol–water partition coefficient (Wildman–Crippen LogP) is 3.66. The smallest absolute Gasteiger partial charge is 0.342 e. The van der Waals surface area contributed by atoms with E-state index in [0.717, 1.165) is 22.4 Å². The van der Waals surface area contributed by atoms with Gasteiger partial charge in [0, 0.05) is 19.2 Å². The minimum atomic E-state index is -0.638. The largest absolute Gasteiger partial charge is 0.507 e. The number of phenolic OH excluding ortho intramolecular Hbond substituents is 1. The Morgan fingerprint density at radius 1 is 1.31 bits per heavy atom. The molecule has 0 amide bonds. The molecule has 0 fully saturated rings. The SMILES string of the molecule is CN1Cc2c(cc(C#N)cc2-c2ccc(C(=O)OC(C)(C)C)c(O)c2)N1. The van der Waals surface area contributed by atoms with Crippen molar-refractivity contribution in [3.8, 4) is 22.9 Å². The summed E-state index contributed by atoms with van der Waals surface area (Å²) < 4.78 is 5.32. The molecule has 2 N–H and O–H groups in total. The fraction of sp³-hybridized carbons (Fsp3) is 0.300. The second kappa shape index (κ2) is 6.36. The molecule has 0 aromatic heterocycles. The Morgan fingerprint density at radius 3 is 2.65 bits per heavy atom. The van der Waals surface area contributed by atoms with Crippen LogP contribution in [-0.4, -0.2) is 28.7 Å². The van der Waals surface area contributed by atoms with Crippen LogP contribution in [0.5, 0.6) is 5.75 Å². The Bertz CT molecular complexity index is 923. The summed E-state index contributed by atoms with van der Waals surface area (Å²) in [7, 11) is 1.92. The van der Waals surface area contributed by atoms with Gasteiger partial charge in [-0.1, -0.05) is 6.07 Å². The minimum Gasteiger partial charge on any atom is -0.507 e. The van der Waals surface area contributed by atoms with E-state index in [0.29, 0.717) is 12.1 Å². The van der Waals surface area contributed by atoms with Crippen LogP contribution in [0.4, 0.5) is 5.69 Å². The molecule has 6 nitrogen and oxygen atoms in total. The van der Waals surface area contributed by atoms with E-state index >= 15 is 0 Å². The molecule has 1 aliphatic heterocycles. The van der Waals surface area contributed by atoms with E-state index in [-0.39, 0.29) is 11.3 Å². The van der Waals surface area contributed by atoms with E-state index in [1.54, 1.807) is 45.0 Å². The molecule has 2 aromatic carbocycles. The number of nitriles is 1. The normalized spacial score (nSPS) is 13.7. The van der Waals surface area contributed by atoms with Crippen LogP contribution in [0.1, 0.15) is 42.3 Å². The van der Waals surface area contributed by atoms with Gasteiger partial charge in [0.1, 0.15) is 16.9 Å². The number of hydrazine groups is 1. The van der Waals surface area contributed by atoms with Gasteiger partial charge in [-0.2, -0.15) is 5.26 Å².